The fraction of sp³-hybridized carbons (Fsp3) is 0.267. The van der Waals surface area contributed by atoms with Crippen molar-refractivity contribution in [2.24, 2.45) is 5.10 Å². The van der Waals surface area contributed by atoms with E-state index in [-0.39, 0.29) is 5.91 Å². The molecule has 0 aliphatic heterocycles. The van der Waals surface area contributed by atoms with E-state index in [2.05, 4.69) is 20.7 Å². The average Bonchev–Trinajstić information content (AvgIpc) is 2.78. The second-order valence-electron chi connectivity index (χ2n) is 4.73. The van der Waals surface area contributed by atoms with Crippen molar-refractivity contribution >= 4 is 23.7 Å². The number of carbonyl (C=O) groups excluding carboxylic acids is 1. The number of nitrogens with one attached hydrogen (secondary N) is 2. The lowest BCUT2D eigenvalue weighted by Gasteiger charge is -2.01. The average molecular weight is 305 g/mol. The molecule has 110 valence electrons. The second kappa shape index (κ2) is 7.04. The van der Waals surface area contributed by atoms with Gasteiger partial charge in [0.2, 0.25) is 5.91 Å². The van der Waals surface area contributed by atoms with Gasteiger partial charge in [-0.05, 0) is 31.9 Å². The number of hydrogen-bond acceptors (Lipinski definition) is 3. The molecule has 1 aromatic heterocycles. The van der Waals surface area contributed by atoms with E-state index in [4.69, 9.17) is 11.6 Å². The van der Waals surface area contributed by atoms with Crippen LogP contribution in [0, 0.1) is 13.8 Å². The van der Waals surface area contributed by atoms with E-state index in [1.807, 2.05) is 32.0 Å². The van der Waals surface area contributed by atoms with Gasteiger partial charge in [0.15, 0.2) is 0 Å². The predicted octanol–water partition coefficient (Wildman–Crippen LogP) is 2.76. The van der Waals surface area contributed by atoms with Crippen LogP contribution < -0.4 is 5.43 Å². The lowest BCUT2D eigenvalue weighted by atomic mass is 10.1. The van der Waals surface area contributed by atoms with Crippen molar-refractivity contribution in [2.75, 3.05) is 0 Å². The Bertz CT molecular complexity index is 644. The van der Waals surface area contributed by atoms with Crippen LogP contribution in [0.25, 0.3) is 0 Å². The van der Waals surface area contributed by atoms with Gasteiger partial charge in [0.05, 0.1) is 11.9 Å². The van der Waals surface area contributed by atoms with Crippen molar-refractivity contribution in [1.82, 2.24) is 15.6 Å². The first-order valence-corrected chi connectivity index (χ1v) is 7.02. The third kappa shape index (κ3) is 4.16. The van der Waals surface area contributed by atoms with Crippen molar-refractivity contribution in [2.45, 2.75) is 26.7 Å². The normalized spacial score (nSPS) is 11.0. The minimum atomic E-state index is -0.140. The number of aromatic nitrogens is 2. The molecule has 1 heterocycles. The number of aromatic amines is 1. The molecule has 5 nitrogen and oxygen atoms in total. The summed E-state index contributed by atoms with van der Waals surface area (Å²) in [6, 6.07) is 7.30. The zero-order valence-electron chi connectivity index (χ0n) is 12.0. The van der Waals surface area contributed by atoms with E-state index in [1.54, 1.807) is 6.07 Å². The van der Waals surface area contributed by atoms with Crippen molar-refractivity contribution in [3.05, 3.63) is 51.8 Å². The summed E-state index contributed by atoms with van der Waals surface area (Å²) in [5.74, 6) is -0.140. The number of rotatable bonds is 5. The lowest BCUT2D eigenvalue weighted by Crippen LogP contribution is -2.18. The van der Waals surface area contributed by atoms with Gasteiger partial charge < -0.3 is 0 Å². The van der Waals surface area contributed by atoms with Crippen molar-refractivity contribution in [1.29, 1.82) is 0 Å². The Kier molecular flexibility index (Phi) is 5.11. The third-order valence-electron chi connectivity index (χ3n) is 3.18. The first-order chi connectivity index (χ1) is 10.1. The number of H-pyrrole nitrogens is 1. The molecule has 6 heteroatoms. The standard InChI is InChI=1S/C15H17ClN4O/c1-10-13(11(2)19-18-10)7-8-15(21)20-17-9-12-5-3-4-6-14(12)16/h3-6,9H,7-8H2,1-2H3,(H,18,19)(H,20,21)/b17-9+. The number of nitrogens with zero attached hydrogens (tertiary/aromatic N) is 2. The molecule has 2 aromatic rings. The number of hydrogen-bond donors (Lipinski definition) is 2. The number of hydrazone groups is 1. The molecule has 1 aromatic carbocycles. The van der Waals surface area contributed by atoms with Gasteiger partial charge in [-0.1, -0.05) is 29.8 Å². The van der Waals surface area contributed by atoms with Crippen molar-refractivity contribution in [3.8, 4) is 0 Å². The Hall–Kier alpha value is -2.14. The molecule has 0 aliphatic rings. The number of carbonyl (C=O) groups is 1. The fourth-order valence-corrected chi connectivity index (χ4v) is 2.17. The number of benzene rings is 1. The van der Waals surface area contributed by atoms with Crippen LogP contribution in [-0.4, -0.2) is 22.3 Å². The highest BCUT2D eigenvalue weighted by Crippen LogP contribution is 2.12. The third-order valence-corrected chi connectivity index (χ3v) is 3.53. The van der Waals surface area contributed by atoms with Gasteiger partial charge in [0.1, 0.15) is 0 Å². The van der Waals surface area contributed by atoms with Crippen molar-refractivity contribution in [3.63, 3.8) is 0 Å². The van der Waals surface area contributed by atoms with Gasteiger partial charge in [-0.15, -0.1) is 0 Å². The van der Waals surface area contributed by atoms with E-state index in [0.717, 1.165) is 22.5 Å². The van der Waals surface area contributed by atoms with E-state index < -0.39 is 0 Å². The molecule has 2 rings (SSSR count). The molecular formula is C15H17ClN4O. The zero-order chi connectivity index (χ0) is 15.2. The molecule has 0 atom stereocenters. The lowest BCUT2D eigenvalue weighted by molar-refractivity contribution is -0.121. The molecule has 0 saturated heterocycles. The molecule has 1 amide bonds. The van der Waals surface area contributed by atoms with Gasteiger partial charge in [0.25, 0.3) is 0 Å². The van der Waals surface area contributed by atoms with Crippen LogP contribution in [0.1, 0.15) is 28.9 Å². The maximum Gasteiger partial charge on any atom is 0.240 e. The summed E-state index contributed by atoms with van der Waals surface area (Å²) in [4.78, 5) is 11.7. The van der Waals surface area contributed by atoms with Gasteiger partial charge in [0, 0.05) is 22.7 Å². The monoisotopic (exact) mass is 304 g/mol. The highest BCUT2D eigenvalue weighted by atomic mass is 35.5. The maximum absolute atomic E-state index is 11.7. The molecule has 0 aliphatic carbocycles. The van der Waals surface area contributed by atoms with Crippen LogP contribution in [0.15, 0.2) is 29.4 Å². The van der Waals surface area contributed by atoms with E-state index in [9.17, 15) is 4.79 Å². The Balaban J connectivity index is 1.84. The molecule has 2 N–H and O–H groups in total. The molecule has 0 bridgehead atoms. The summed E-state index contributed by atoms with van der Waals surface area (Å²) in [6.45, 7) is 3.87. The minimum absolute atomic E-state index is 0.140. The molecule has 0 unspecified atom stereocenters. The highest BCUT2D eigenvalue weighted by Gasteiger charge is 2.08. The molecule has 0 spiro atoms. The Morgan fingerprint density at radius 2 is 2.19 bits per heavy atom. The maximum atomic E-state index is 11.7. The summed E-state index contributed by atoms with van der Waals surface area (Å²) in [7, 11) is 0. The largest absolute Gasteiger partial charge is 0.282 e. The van der Waals surface area contributed by atoms with Crippen LogP contribution >= 0.6 is 11.6 Å². The first-order valence-electron chi connectivity index (χ1n) is 6.65. The van der Waals surface area contributed by atoms with Gasteiger partial charge in [-0.3, -0.25) is 9.89 Å². The summed E-state index contributed by atoms with van der Waals surface area (Å²) in [5.41, 5.74) is 6.28. The van der Waals surface area contributed by atoms with E-state index in [1.165, 1.54) is 6.21 Å². The topological polar surface area (TPSA) is 70.1 Å². The number of amides is 1. The smallest absolute Gasteiger partial charge is 0.240 e. The van der Waals surface area contributed by atoms with Crippen molar-refractivity contribution < 1.29 is 4.79 Å². The number of aryl methyl sites for hydroxylation is 2. The number of halogens is 1. The van der Waals surface area contributed by atoms with Crippen LogP contribution in [0.3, 0.4) is 0 Å². The van der Waals surface area contributed by atoms with Gasteiger partial charge in [-0.25, -0.2) is 5.43 Å². The Morgan fingerprint density at radius 1 is 1.43 bits per heavy atom. The predicted molar refractivity (Wildman–Crippen MR) is 83.6 cm³/mol. The fourth-order valence-electron chi connectivity index (χ4n) is 1.99. The first kappa shape index (κ1) is 15.3. The summed E-state index contributed by atoms with van der Waals surface area (Å²) >= 11 is 5.99. The van der Waals surface area contributed by atoms with Crippen LogP contribution in [0.5, 0.6) is 0 Å². The molecule has 0 radical (unpaired) electrons. The van der Waals surface area contributed by atoms with Crippen LogP contribution in [-0.2, 0) is 11.2 Å². The zero-order valence-corrected chi connectivity index (χ0v) is 12.7. The van der Waals surface area contributed by atoms with Crippen LogP contribution in [0.4, 0.5) is 0 Å². The summed E-state index contributed by atoms with van der Waals surface area (Å²) in [6.07, 6.45) is 2.54. The summed E-state index contributed by atoms with van der Waals surface area (Å²) < 4.78 is 0. The SMILES string of the molecule is Cc1n[nH]c(C)c1CCC(=O)N/N=C/c1ccccc1Cl. The second-order valence-corrected chi connectivity index (χ2v) is 5.13. The minimum Gasteiger partial charge on any atom is -0.282 e. The highest BCUT2D eigenvalue weighted by molar-refractivity contribution is 6.33. The van der Waals surface area contributed by atoms with Gasteiger partial charge in [-0.2, -0.15) is 10.2 Å². The molecule has 0 fully saturated rings. The molecule has 21 heavy (non-hydrogen) atoms. The molecular weight excluding hydrogens is 288 g/mol. The summed E-state index contributed by atoms with van der Waals surface area (Å²) in [5, 5.41) is 11.5. The van der Waals surface area contributed by atoms with Gasteiger partial charge >= 0.3 is 0 Å². The Morgan fingerprint density at radius 3 is 2.86 bits per heavy atom. The Labute approximate surface area is 128 Å². The van der Waals surface area contributed by atoms with E-state index in [0.29, 0.717) is 17.9 Å². The molecule has 0 saturated carbocycles. The quantitative estimate of drug-likeness (QED) is 0.658. The van der Waals surface area contributed by atoms with E-state index >= 15 is 0 Å². The van der Waals surface area contributed by atoms with Crippen LogP contribution in [0.2, 0.25) is 5.02 Å².